The van der Waals surface area contributed by atoms with E-state index >= 15 is 0 Å². The molecule has 0 heterocycles. The molecule has 0 radical (unpaired) electrons. The minimum Gasteiger partial charge on any atom is -0.468 e. The van der Waals surface area contributed by atoms with Crippen LogP contribution in [0.15, 0.2) is 23.8 Å². The summed E-state index contributed by atoms with van der Waals surface area (Å²) in [5, 5.41) is 0. The summed E-state index contributed by atoms with van der Waals surface area (Å²) >= 11 is 0. The van der Waals surface area contributed by atoms with Crippen LogP contribution >= 0.6 is 0 Å². The summed E-state index contributed by atoms with van der Waals surface area (Å²) in [5.41, 5.74) is -0.546. The van der Waals surface area contributed by atoms with Gasteiger partial charge in [0.15, 0.2) is 11.2 Å². The number of esters is 2. The lowest BCUT2D eigenvalue weighted by Gasteiger charge is -2.46. The fourth-order valence-electron chi connectivity index (χ4n) is 4.75. The number of hydrogen-bond donors (Lipinski definition) is 0. The van der Waals surface area contributed by atoms with E-state index in [0.29, 0.717) is 12.0 Å². The maximum Gasteiger partial charge on any atom is 0.327 e. The van der Waals surface area contributed by atoms with Gasteiger partial charge in [-0.2, -0.15) is 0 Å². The van der Waals surface area contributed by atoms with Crippen molar-refractivity contribution in [2.75, 3.05) is 14.2 Å². The van der Waals surface area contributed by atoms with Crippen molar-refractivity contribution in [3.63, 3.8) is 0 Å². The molecule has 1 spiro atoms. The Balaban J connectivity index is 2.23. The Kier molecular flexibility index (Phi) is 3.27. The molecule has 0 saturated heterocycles. The van der Waals surface area contributed by atoms with Crippen LogP contribution in [0.25, 0.3) is 0 Å². The van der Waals surface area contributed by atoms with Crippen LogP contribution in [0.1, 0.15) is 32.1 Å². The molecule has 5 nitrogen and oxygen atoms in total. The third-order valence-corrected chi connectivity index (χ3v) is 5.73. The van der Waals surface area contributed by atoms with Crippen LogP contribution in [0.4, 0.5) is 0 Å². The normalized spacial score (nSPS) is 32.1. The van der Waals surface area contributed by atoms with Gasteiger partial charge in [0.25, 0.3) is 0 Å². The van der Waals surface area contributed by atoms with Crippen LogP contribution in [-0.4, -0.2) is 31.9 Å². The number of methoxy groups -OCH3 is 2. The number of allylic oxidation sites excluding steroid dienone is 2. The lowest BCUT2D eigenvalue weighted by Crippen LogP contribution is -2.51. The second-order valence-electron chi connectivity index (χ2n) is 6.37. The molecule has 3 rings (SSSR count). The monoisotopic (exact) mass is 304 g/mol. The molecule has 0 aromatic rings. The Morgan fingerprint density at radius 3 is 2.45 bits per heavy atom. The summed E-state index contributed by atoms with van der Waals surface area (Å²) in [5.74, 6) is -1.48. The van der Waals surface area contributed by atoms with Crippen LogP contribution < -0.4 is 0 Å². The molecule has 0 aromatic heterocycles. The van der Waals surface area contributed by atoms with E-state index in [-0.39, 0.29) is 18.1 Å². The Labute approximate surface area is 129 Å². The average Bonchev–Trinajstić information content (AvgIpc) is 3.07. The van der Waals surface area contributed by atoms with Crippen molar-refractivity contribution < 1.29 is 23.9 Å². The molecule has 3 aliphatic carbocycles. The second kappa shape index (κ2) is 4.80. The molecule has 0 amide bonds. The Hall–Kier alpha value is -1.91. The molecule has 118 valence electrons. The highest BCUT2D eigenvalue weighted by Crippen LogP contribution is 2.66. The first kappa shape index (κ1) is 15.0. The summed E-state index contributed by atoms with van der Waals surface area (Å²) in [6.07, 6.45) is 4.68. The Morgan fingerprint density at radius 2 is 1.86 bits per heavy atom. The first-order valence-corrected chi connectivity index (χ1v) is 7.56. The number of carbonyl (C=O) groups excluding carboxylic acids is 3. The van der Waals surface area contributed by atoms with E-state index in [1.54, 1.807) is 0 Å². The third kappa shape index (κ3) is 1.51. The second-order valence-corrected chi connectivity index (χ2v) is 6.37. The number of rotatable bonds is 2. The van der Waals surface area contributed by atoms with Crippen molar-refractivity contribution in [2.45, 2.75) is 32.1 Å². The molecule has 0 N–H and O–H groups in total. The van der Waals surface area contributed by atoms with Gasteiger partial charge < -0.3 is 9.47 Å². The number of hydrogen-bond acceptors (Lipinski definition) is 5. The standard InChI is InChI=1S/C17H20O5/c1-10-6-8-17(14(19)21-2,15(20)22-3)13-9-12(18)11-5-4-7-16(10,11)13/h9,11H,1,4-8H2,2-3H3. The molecule has 0 bridgehead atoms. The molecule has 3 aliphatic rings. The van der Waals surface area contributed by atoms with Crippen molar-refractivity contribution >= 4 is 17.7 Å². The van der Waals surface area contributed by atoms with E-state index < -0.39 is 22.8 Å². The van der Waals surface area contributed by atoms with Crippen molar-refractivity contribution in [1.82, 2.24) is 0 Å². The quantitative estimate of drug-likeness (QED) is 0.443. The van der Waals surface area contributed by atoms with Crippen LogP contribution in [0.3, 0.4) is 0 Å². The molecule has 2 saturated carbocycles. The molecular weight excluding hydrogens is 284 g/mol. The molecule has 0 aromatic carbocycles. The molecular formula is C17H20O5. The van der Waals surface area contributed by atoms with Crippen LogP contribution in [0.5, 0.6) is 0 Å². The SMILES string of the molecule is C=C1CCC(C(=O)OC)(C(=O)OC)C2=CC(=O)C3CCCC123. The van der Waals surface area contributed by atoms with E-state index in [9.17, 15) is 14.4 Å². The van der Waals surface area contributed by atoms with E-state index in [1.807, 2.05) is 0 Å². The van der Waals surface area contributed by atoms with Crippen molar-refractivity contribution in [1.29, 1.82) is 0 Å². The summed E-state index contributed by atoms with van der Waals surface area (Å²) in [6.45, 7) is 4.16. The van der Waals surface area contributed by atoms with Gasteiger partial charge in [-0.25, -0.2) is 0 Å². The number of carbonyl (C=O) groups is 3. The van der Waals surface area contributed by atoms with Gasteiger partial charge in [0.2, 0.25) is 0 Å². The van der Waals surface area contributed by atoms with Gasteiger partial charge in [-0.3, -0.25) is 14.4 Å². The summed E-state index contributed by atoms with van der Waals surface area (Å²) in [4.78, 5) is 37.5. The van der Waals surface area contributed by atoms with Crippen molar-refractivity contribution in [3.05, 3.63) is 23.8 Å². The number of ketones is 1. The van der Waals surface area contributed by atoms with Gasteiger partial charge in [-0.15, -0.1) is 0 Å². The molecule has 0 aliphatic heterocycles. The van der Waals surface area contributed by atoms with E-state index in [0.717, 1.165) is 24.8 Å². The molecule has 5 heteroatoms. The van der Waals surface area contributed by atoms with Gasteiger partial charge in [-0.1, -0.05) is 18.6 Å². The van der Waals surface area contributed by atoms with E-state index in [4.69, 9.17) is 9.47 Å². The summed E-state index contributed by atoms with van der Waals surface area (Å²) in [7, 11) is 2.51. The summed E-state index contributed by atoms with van der Waals surface area (Å²) < 4.78 is 9.84. The first-order valence-electron chi connectivity index (χ1n) is 7.56. The smallest absolute Gasteiger partial charge is 0.327 e. The lowest BCUT2D eigenvalue weighted by molar-refractivity contribution is -0.168. The van der Waals surface area contributed by atoms with Gasteiger partial charge in [-0.05, 0) is 37.3 Å². The minimum atomic E-state index is -1.50. The predicted molar refractivity (Wildman–Crippen MR) is 77.7 cm³/mol. The molecule has 2 atom stereocenters. The molecule has 2 fully saturated rings. The van der Waals surface area contributed by atoms with Crippen LogP contribution in [0, 0.1) is 16.7 Å². The largest absolute Gasteiger partial charge is 0.468 e. The maximum atomic E-state index is 12.5. The average molecular weight is 304 g/mol. The van der Waals surface area contributed by atoms with Gasteiger partial charge >= 0.3 is 11.9 Å². The van der Waals surface area contributed by atoms with Gasteiger partial charge in [0.1, 0.15) is 0 Å². The highest BCUT2D eigenvalue weighted by Gasteiger charge is 2.67. The van der Waals surface area contributed by atoms with E-state index in [2.05, 4.69) is 6.58 Å². The topological polar surface area (TPSA) is 69.7 Å². The fraction of sp³-hybridized carbons (Fsp3) is 0.588. The third-order valence-electron chi connectivity index (χ3n) is 5.73. The zero-order valence-corrected chi connectivity index (χ0v) is 12.9. The van der Waals surface area contributed by atoms with Crippen LogP contribution in [-0.2, 0) is 23.9 Å². The maximum absolute atomic E-state index is 12.5. The Morgan fingerprint density at radius 1 is 1.23 bits per heavy atom. The van der Waals surface area contributed by atoms with Gasteiger partial charge in [0, 0.05) is 11.3 Å². The summed E-state index contributed by atoms with van der Waals surface area (Å²) in [6, 6.07) is 0. The predicted octanol–water partition coefficient (Wildman–Crippen LogP) is 1.96. The molecule has 2 unspecified atom stereocenters. The minimum absolute atomic E-state index is 0.00673. The molecule has 22 heavy (non-hydrogen) atoms. The van der Waals surface area contributed by atoms with Crippen molar-refractivity contribution in [3.8, 4) is 0 Å². The zero-order valence-electron chi connectivity index (χ0n) is 12.9. The number of ether oxygens (including phenoxy) is 2. The first-order chi connectivity index (χ1) is 10.4. The highest BCUT2D eigenvalue weighted by atomic mass is 16.5. The van der Waals surface area contributed by atoms with Crippen molar-refractivity contribution in [2.24, 2.45) is 16.7 Å². The van der Waals surface area contributed by atoms with E-state index in [1.165, 1.54) is 20.3 Å². The lowest BCUT2D eigenvalue weighted by atomic mass is 9.55. The zero-order chi connectivity index (χ0) is 16.1. The van der Waals surface area contributed by atoms with Gasteiger partial charge in [0.05, 0.1) is 14.2 Å². The Bertz CT molecular complexity index is 599. The fourth-order valence-corrected chi connectivity index (χ4v) is 4.75. The highest BCUT2D eigenvalue weighted by molar-refractivity contribution is 6.09. The van der Waals surface area contributed by atoms with Crippen LogP contribution in [0.2, 0.25) is 0 Å².